The van der Waals surface area contributed by atoms with Crippen LogP contribution < -0.4 is 10.2 Å². The average Bonchev–Trinajstić information content (AvgIpc) is 2.80. The Labute approximate surface area is 110 Å². The molecule has 0 unspecified atom stereocenters. The SMILES string of the molecule is CCCN(CCN(C)C)c1nc(CNCC)co1. The Morgan fingerprint density at radius 2 is 2.00 bits per heavy atom. The molecular formula is C13H26N4O. The van der Waals surface area contributed by atoms with E-state index in [9.17, 15) is 0 Å². The summed E-state index contributed by atoms with van der Waals surface area (Å²) in [6.45, 7) is 8.91. The molecule has 0 radical (unpaired) electrons. The van der Waals surface area contributed by atoms with Crippen LogP contribution in [0.15, 0.2) is 10.7 Å². The first kappa shape index (κ1) is 15.0. The molecule has 5 nitrogen and oxygen atoms in total. The number of rotatable bonds is 9. The van der Waals surface area contributed by atoms with Gasteiger partial charge in [-0.3, -0.25) is 0 Å². The van der Waals surface area contributed by atoms with Crippen LogP contribution in [0.1, 0.15) is 26.0 Å². The summed E-state index contributed by atoms with van der Waals surface area (Å²) < 4.78 is 5.56. The van der Waals surface area contributed by atoms with Crippen LogP contribution in [0, 0.1) is 0 Å². The zero-order valence-corrected chi connectivity index (χ0v) is 12.1. The van der Waals surface area contributed by atoms with Gasteiger partial charge in [0.2, 0.25) is 0 Å². The molecule has 0 bridgehead atoms. The molecule has 0 saturated heterocycles. The standard InChI is InChI=1S/C13H26N4O/c1-5-7-17(9-8-16(3)4)13-15-12(11-18-13)10-14-6-2/h11,14H,5-10H2,1-4H3. The first-order valence-corrected chi connectivity index (χ1v) is 6.72. The highest BCUT2D eigenvalue weighted by Gasteiger charge is 2.12. The predicted octanol–water partition coefficient (Wildman–Crippen LogP) is 1.56. The van der Waals surface area contributed by atoms with Gasteiger partial charge in [0, 0.05) is 26.2 Å². The third-order valence-electron chi connectivity index (χ3n) is 2.68. The zero-order chi connectivity index (χ0) is 13.4. The number of hydrogen-bond acceptors (Lipinski definition) is 5. The molecule has 0 fully saturated rings. The molecule has 0 aliphatic rings. The molecule has 5 heteroatoms. The second kappa shape index (κ2) is 8.11. The van der Waals surface area contributed by atoms with Crippen LogP contribution in [0.2, 0.25) is 0 Å². The highest BCUT2D eigenvalue weighted by molar-refractivity contribution is 5.26. The van der Waals surface area contributed by atoms with Crippen LogP contribution >= 0.6 is 0 Å². The van der Waals surface area contributed by atoms with E-state index in [1.165, 1.54) is 0 Å². The van der Waals surface area contributed by atoms with Gasteiger partial charge in [-0.25, -0.2) is 0 Å². The molecule has 18 heavy (non-hydrogen) atoms. The van der Waals surface area contributed by atoms with Crippen molar-refractivity contribution in [1.29, 1.82) is 0 Å². The van der Waals surface area contributed by atoms with Crippen LogP contribution in [0.3, 0.4) is 0 Å². The van der Waals surface area contributed by atoms with Crippen LogP contribution in [0.5, 0.6) is 0 Å². The molecular weight excluding hydrogens is 228 g/mol. The van der Waals surface area contributed by atoms with Crippen molar-refractivity contribution < 1.29 is 4.42 Å². The second-order valence-electron chi connectivity index (χ2n) is 4.69. The molecule has 1 rings (SSSR count). The lowest BCUT2D eigenvalue weighted by Crippen LogP contribution is -2.32. The molecule has 0 saturated carbocycles. The fraction of sp³-hybridized carbons (Fsp3) is 0.769. The van der Waals surface area contributed by atoms with Gasteiger partial charge in [0.15, 0.2) is 0 Å². The number of hydrogen-bond donors (Lipinski definition) is 1. The number of likely N-dealkylation sites (N-methyl/N-ethyl adjacent to an activating group) is 1. The number of nitrogens with one attached hydrogen (secondary N) is 1. The largest absolute Gasteiger partial charge is 0.432 e. The molecule has 0 aliphatic carbocycles. The molecule has 1 heterocycles. The Morgan fingerprint density at radius 3 is 2.61 bits per heavy atom. The van der Waals surface area contributed by atoms with Crippen molar-refractivity contribution >= 4 is 6.01 Å². The van der Waals surface area contributed by atoms with E-state index >= 15 is 0 Å². The molecule has 0 atom stereocenters. The van der Waals surface area contributed by atoms with Crippen molar-refractivity contribution in [2.45, 2.75) is 26.8 Å². The fourth-order valence-electron chi connectivity index (χ4n) is 1.67. The summed E-state index contributed by atoms with van der Waals surface area (Å²) in [7, 11) is 4.16. The lowest BCUT2D eigenvalue weighted by Gasteiger charge is -2.21. The Hall–Kier alpha value is -1.07. The molecule has 0 aromatic carbocycles. The Morgan fingerprint density at radius 1 is 1.22 bits per heavy atom. The van der Waals surface area contributed by atoms with Crippen LogP contribution in [-0.4, -0.2) is 50.2 Å². The van der Waals surface area contributed by atoms with Crippen molar-refractivity contribution in [3.8, 4) is 0 Å². The van der Waals surface area contributed by atoms with E-state index in [1.807, 2.05) is 0 Å². The van der Waals surface area contributed by atoms with Crippen molar-refractivity contribution in [2.24, 2.45) is 0 Å². The van der Waals surface area contributed by atoms with Crippen LogP contribution in [-0.2, 0) is 6.54 Å². The number of anilines is 1. The average molecular weight is 254 g/mol. The van der Waals surface area contributed by atoms with Gasteiger partial charge in [-0.15, -0.1) is 0 Å². The van der Waals surface area contributed by atoms with Crippen molar-refractivity contribution in [3.63, 3.8) is 0 Å². The molecule has 0 spiro atoms. The quantitative estimate of drug-likeness (QED) is 0.724. The third-order valence-corrected chi connectivity index (χ3v) is 2.68. The smallest absolute Gasteiger partial charge is 0.297 e. The van der Waals surface area contributed by atoms with Gasteiger partial charge in [-0.1, -0.05) is 13.8 Å². The van der Waals surface area contributed by atoms with Crippen molar-refractivity contribution in [2.75, 3.05) is 45.2 Å². The maximum absolute atomic E-state index is 5.56. The van der Waals surface area contributed by atoms with Crippen LogP contribution in [0.25, 0.3) is 0 Å². The van der Waals surface area contributed by atoms with Gasteiger partial charge in [-0.2, -0.15) is 4.98 Å². The minimum atomic E-state index is 0.742. The maximum atomic E-state index is 5.56. The number of oxazole rings is 1. The van der Waals surface area contributed by atoms with E-state index in [0.29, 0.717) is 0 Å². The minimum Gasteiger partial charge on any atom is -0.432 e. The molecule has 1 aromatic rings. The fourth-order valence-corrected chi connectivity index (χ4v) is 1.67. The van der Waals surface area contributed by atoms with E-state index in [4.69, 9.17) is 4.42 Å². The minimum absolute atomic E-state index is 0.742. The summed E-state index contributed by atoms with van der Waals surface area (Å²) in [5.74, 6) is 0. The Kier molecular flexibility index (Phi) is 6.75. The molecule has 0 amide bonds. The monoisotopic (exact) mass is 254 g/mol. The maximum Gasteiger partial charge on any atom is 0.297 e. The van der Waals surface area contributed by atoms with Gasteiger partial charge >= 0.3 is 0 Å². The lowest BCUT2D eigenvalue weighted by molar-refractivity contribution is 0.405. The molecule has 1 N–H and O–H groups in total. The number of aromatic nitrogens is 1. The normalized spacial score (nSPS) is 11.2. The first-order valence-electron chi connectivity index (χ1n) is 6.72. The van der Waals surface area contributed by atoms with Gasteiger partial charge in [0.05, 0.1) is 5.69 Å². The zero-order valence-electron chi connectivity index (χ0n) is 12.1. The summed E-state index contributed by atoms with van der Waals surface area (Å²) in [6, 6.07) is 0.742. The molecule has 1 aromatic heterocycles. The van der Waals surface area contributed by atoms with Crippen molar-refractivity contribution in [1.82, 2.24) is 15.2 Å². The van der Waals surface area contributed by atoms with Gasteiger partial charge in [-0.05, 0) is 27.1 Å². The summed E-state index contributed by atoms with van der Waals surface area (Å²) in [6.07, 6.45) is 2.84. The molecule has 104 valence electrons. The summed E-state index contributed by atoms with van der Waals surface area (Å²) in [5, 5.41) is 3.25. The number of nitrogens with zero attached hydrogens (tertiary/aromatic N) is 3. The Balaban J connectivity index is 2.57. The van der Waals surface area contributed by atoms with Gasteiger partial charge in [0.1, 0.15) is 6.26 Å². The Bertz CT molecular complexity index is 325. The van der Waals surface area contributed by atoms with E-state index in [2.05, 4.69) is 48.0 Å². The van der Waals surface area contributed by atoms with E-state index in [-0.39, 0.29) is 0 Å². The molecule has 0 aliphatic heterocycles. The highest BCUT2D eigenvalue weighted by atomic mass is 16.4. The predicted molar refractivity (Wildman–Crippen MR) is 74.9 cm³/mol. The van der Waals surface area contributed by atoms with Gasteiger partial charge < -0.3 is 19.5 Å². The summed E-state index contributed by atoms with van der Waals surface area (Å²) in [4.78, 5) is 8.90. The highest BCUT2D eigenvalue weighted by Crippen LogP contribution is 2.13. The first-order chi connectivity index (χ1) is 8.67. The van der Waals surface area contributed by atoms with Crippen LogP contribution in [0.4, 0.5) is 6.01 Å². The second-order valence-corrected chi connectivity index (χ2v) is 4.69. The summed E-state index contributed by atoms with van der Waals surface area (Å²) >= 11 is 0. The third kappa shape index (κ3) is 5.06. The lowest BCUT2D eigenvalue weighted by atomic mass is 10.4. The summed E-state index contributed by atoms with van der Waals surface area (Å²) in [5.41, 5.74) is 0.970. The topological polar surface area (TPSA) is 44.5 Å². The van der Waals surface area contributed by atoms with Crippen molar-refractivity contribution in [3.05, 3.63) is 12.0 Å². The van der Waals surface area contributed by atoms with E-state index in [0.717, 1.165) is 50.9 Å². The van der Waals surface area contributed by atoms with E-state index < -0.39 is 0 Å². The van der Waals surface area contributed by atoms with Gasteiger partial charge in [0.25, 0.3) is 6.01 Å². The van der Waals surface area contributed by atoms with E-state index in [1.54, 1.807) is 6.26 Å².